The third kappa shape index (κ3) is 5.42. The summed E-state index contributed by atoms with van der Waals surface area (Å²) in [6, 6.07) is 0. The Morgan fingerprint density at radius 2 is 1.61 bits per heavy atom. The van der Waals surface area contributed by atoms with Crippen LogP contribution in [0.25, 0.3) is 11.2 Å². The molecule has 0 radical (unpaired) electrons. The standard InChI is InChI=1S/C15H21N5O14P2/c16-12-7-13(18-3-17-12)20(4-19-7)14-10(23)8(21)5(32-14)1-30-35(26,27)34-36(28,29)31-2-6-9(22)11(24)15(25)33-6/h3-6,8-11,14,21-24H,1-2H2,(H,26,27)(H,28,29)(H2,16,17,18)/t5-,6-,8-,9-,10-,11-,14-/m1/s1. The van der Waals surface area contributed by atoms with Gasteiger partial charge in [0, 0.05) is 0 Å². The molecule has 0 amide bonds. The molecule has 0 aromatic carbocycles. The number of carbonyl (C=O) groups is 1. The molecule has 21 heteroatoms. The van der Waals surface area contributed by atoms with E-state index in [2.05, 4.69) is 33.0 Å². The molecule has 9 atom stereocenters. The largest absolute Gasteiger partial charge is 0.481 e. The Hall–Kier alpha value is -2.12. The first-order valence-corrected chi connectivity index (χ1v) is 13.0. The van der Waals surface area contributed by atoms with Crippen molar-refractivity contribution in [2.24, 2.45) is 0 Å². The summed E-state index contributed by atoms with van der Waals surface area (Å²) >= 11 is 0. The Morgan fingerprint density at radius 1 is 0.972 bits per heavy atom. The van der Waals surface area contributed by atoms with Gasteiger partial charge in [-0.05, 0) is 0 Å². The highest BCUT2D eigenvalue weighted by atomic mass is 31.3. The lowest BCUT2D eigenvalue weighted by Gasteiger charge is -2.20. The minimum absolute atomic E-state index is 0.0532. The maximum Gasteiger partial charge on any atom is 0.481 e. The number of hydrogen-bond donors (Lipinski definition) is 7. The van der Waals surface area contributed by atoms with Gasteiger partial charge in [-0.15, -0.1) is 0 Å². The molecule has 2 aromatic heterocycles. The number of carbonyl (C=O) groups excluding carboxylic acids is 1. The molecule has 2 aliphatic heterocycles. The minimum atomic E-state index is -5.33. The monoisotopic (exact) mass is 557 g/mol. The number of anilines is 1. The second-order valence-electron chi connectivity index (χ2n) is 7.65. The van der Waals surface area contributed by atoms with Gasteiger partial charge in [0.05, 0.1) is 19.5 Å². The van der Waals surface area contributed by atoms with Gasteiger partial charge < -0.3 is 45.4 Å². The molecule has 8 N–H and O–H groups in total. The van der Waals surface area contributed by atoms with E-state index < -0.39 is 77.7 Å². The maximum absolute atomic E-state index is 12.1. The number of nitrogen functional groups attached to an aromatic ring is 1. The number of ether oxygens (including phenoxy) is 2. The summed E-state index contributed by atoms with van der Waals surface area (Å²) in [6.07, 6.45) is -8.76. The summed E-state index contributed by atoms with van der Waals surface area (Å²) in [5.74, 6) is -1.14. The van der Waals surface area contributed by atoms with Gasteiger partial charge >= 0.3 is 21.6 Å². The molecular weight excluding hydrogens is 536 g/mol. The Balaban J connectivity index is 1.34. The Kier molecular flexibility index (Phi) is 7.46. The van der Waals surface area contributed by atoms with Crippen LogP contribution < -0.4 is 5.73 Å². The average molecular weight is 557 g/mol. The molecule has 2 aromatic rings. The van der Waals surface area contributed by atoms with E-state index >= 15 is 0 Å². The number of hydrogen-bond acceptors (Lipinski definition) is 16. The first kappa shape index (κ1) is 26.9. The van der Waals surface area contributed by atoms with E-state index in [0.29, 0.717) is 0 Å². The van der Waals surface area contributed by atoms with Crippen LogP contribution in [0.15, 0.2) is 12.7 Å². The summed E-state index contributed by atoms with van der Waals surface area (Å²) in [5.41, 5.74) is 6.07. The smallest absolute Gasteiger partial charge is 0.455 e. The molecular formula is C15H21N5O14P2. The summed E-state index contributed by atoms with van der Waals surface area (Å²) in [6.45, 7) is -1.86. The van der Waals surface area contributed by atoms with E-state index in [1.54, 1.807) is 0 Å². The fourth-order valence-electron chi connectivity index (χ4n) is 3.43. The number of fused-ring (bicyclic) bond motifs is 1. The van der Waals surface area contributed by atoms with Crippen LogP contribution in [0.3, 0.4) is 0 Å². The molecule has 200 valence electrons. The van der Waals surface area contributed by atoms with E-state index in [4.69, 9.17) is 10.5 Å². The van der Waals surface area contributed by atoms with Crippen molar-refractivity contribution >= 4 is 38.6 Å². The van der Waals surface area contributed by atoms with Gasteiger partial charge in [-0.25, -0.2) is 28.9 Å². The molecule has 0 bridgehead atoms. The van der Waals surface area contributed by atoms with Gasteiger partial charge in [-0.3, -0.25) is 13.6 Å². The van der Waals surface area contributed by atoms with Crippen LogP contribution in [0.4, 0.5) is 5.82 Å². The third-order valence-electron chi connectivity index (χ3n) is 5.22. The molecule has 4 heterocycles. The molecule has 19 nitrogen and oxygen atoms in total. The summed E-state index contributed by atoms with van der Waals surface area (Å²) in [5, 5.41) is 39.5. The summed E-state index contributed by atoms with van der Waals surface area (Å²) < 4.78 is 48.5. The first-order valence-electron chi connectivity index (χ1n) is 9.97. The number of nitrogens with zero attached hydrogens (tertiary/aromatic N) is 4. The second kappa shape index (κ2) is 9.97. The normalized spacial score (nSPS) is 33.9. The number of aliphatic hydroxyl groups is 4. The number of phosphoric ester groups is 2. The van der Waals surface area contributed by atoms with Crippen molar-refractivity contribution in [3.8, 4) is 0 Å². The minimum Gasteiger partial charge on any atom is -0.455 e. The quantitative estimate of drug-likeness (QED) is 0.119. The average Bonchev–Trinajstić information content (AvgIpc) is 3.42. The Bertz CT molecular complexity index is 1230. The molecule has 2 aliphatic rings. The van der Waals surface area contributed by atoms with Gasteiger partial charge in [0.2, 0.25) is 0 Å². The molecule has 0 aliphatic carbocycles. The molecule has 2 fully saturated rings. The van der Waals surface area contributed by atoms with Crippen molar-refractivity contribution in [3.63, 3.8) is 0 Å². The summed E-state index contributed by atoms with van der Waals surface area (Å²) in [4.78, 5) is 42.4. The van der Waals surface area contributed by atoms with Crippen LogP contribution in [0.1, 0.15) is 6.23 Å². The fourth-order valence-corrected chi connectivity index (χ4v) is 5.52. The van der Waals surface area contributed by atoms with Crippen molar-refractivity contribution in [1.29, 1.82) is 0 Å². The van der Waals surface area contributed by atoms with Crippen molar-refractivity contribution in [3.05, 3.63) is 12.7 Å². The lowest BCUT2D eigenvalue weighted by molar-refractivity contribution is -0.148. The van der Waals surface area contributed by atoms with E-state index in [9.17, 15) is 44.1 Å². The van der Waals surface area contributed by atoms with Crippen LogP contribution >= 0.6 is 15.6 Å². The van der Waals surface area contributed by atoms with E-state index in [-0.39, 0.29) is 17.0 Å². The SMILES string of the molecule is Nc1ncnc2c1ncn2[C@@H]1O[C@H](COP(=O)(O)OP(=O)(O)OC[C@H]2OC(=O)[C@H](O)[C@@H]2O)[C@@H](O)[C@H]1O. The predicted molar refractivity (Wildman–Crippen MR) is 110 cm³/mol. The van der Waals surface area contributed by atoms with Crippen LogP contribution in [-0.4, -0.2) is 106 Å². The number of nitrogens with two attached hydrogens (primary N) is 1. The lowest BCUT2D eigenvalue weighted by Crippen LogP contribution is -2.33. The number of cyclic esters (lactones) is 1. The predicted octanol–water partition coefficient (Wildman–Crippen LogP) is -3.07. The van der Waals surface area contributed by atoms with E-state index in [0.717, 1.165) is 6.33 Å². The molecule has 36 heavy (non-hydrogen) atoms. The lowest BCUT2D eigenvalue weighted by atomic mass is 10.1. The third-order valence-corrected chi connectivity index (χ3v) is 7.82. The molecule has 2 saturated heterocycles. The van der Waals surface area contributed by atoms with Crippen molar-refractivity contribution < 1.29 is 67.0 Å². The number of aromatic nitrogens is 4. The number of imidazole rings is 1. The highest BCUT2D eigenvalue weighted by Crippen LogP contribution is 2.60. The Morgan fingerprint density at radius 3 is 2.22 bits per heavy atom. The fraction of sp³-hybridized carbons (Fsp3) is 0.600. The first-order chi connectivity index (χ1) is 16.8. The molecule has 0 spiro atoms. The van der Waals surface area contributed by atoms with Crippen LogP contribution in [-0.2, 0) is 36.8 Å². The molecule has 0 saturated carbocycles. The van der Waals surface area contributed by atoms with Gasteiger partial charge in [-0.2, -0.15) is 4.31 Å². The highest BCUT2D eigenvalue weighted by Gasteiger charge is 2.47. The second-order valence-corrected chi connectivity index (χ2v) is 10.7. The maximum atomic E-state index is 12.1. The number of phosphoric acid groups is 2. The van der Waals surface area contributed by atoms with Crippen molar-refractivity contribution in [2.75, 3.05) is 18.9 Å². The Labute approximate surface area is 200 Å². The zero-order chi connectivity index (χ0) is 26.4. The number of esters is 1. The van der Waals surface area contributed by atoms with Gasteiger partial charge in [0.25, 0.3) is 0 Å². The van der Waals surface area contributed by atoms with Gasteiger partial charge in [-0.1, -0.05) is 0 Å². The van der Waals surface area contributed by atoms with E-state index in [1.807, 2.05) is 0 Å². The number of rotatable bonds is 9. The number of aliphatic hydroxyl groups excluding tert-OH is 4. The zero-order valence-corrected chi connectivity index (χ0v) is 19.6. The van der Waals surface area contributed by atoms with Gasteiger partial charge in [0.15, 0.2) is 29.9 Å². The van der Waals surface area contributed by atoms with Crippen molar-refractivity contribution in [1.82, 2.24) is 19.5 Å². The van der Waals surface area contributed by atoms with Gasteiger partial charge in [0.1, 0.15) is 36.3 Å². The summed E-state index contributed by atoms with van der Waals surface area (Å²) in [7, 11) is -10.6. The van der Waals surface area contributed by atoms with Crippen LogP contribution in [0.2, 0.25) is 0 Å². The topological polar surface area (TPSA) is 288 Å². The molecule has 4 rings (SSSR count). The van der Waals surface area contributed by atoms with Crippen LogP contribution in [0.5, 0.6) is 0 Å². The van der Waals surface area contributed by atoms with Crippen LogP contribution in [0, 0.1) is 0 Å². The molecule has 2 unspecified atom stereocenters. The highest BCUT2D eigenvalue weighted by molar-refractivity contribution is 7.61. The zero-order valence-electron chi connectivity index (χ0n) is 17.8. The van der Waals surface area contributed by atoms with E-state index in [1.165, 1.54) is 10.9 Å². The van der Waals surface area contributed by atoms with Crippen molar-refractivity contribution in [2.45, 2.75) is 42.9 Å².